The summed E-state index contributed by atoms with van der Waals surface area (Å²) in [6.07, 6.45) is -5.01. The summed E-state index contributed by atoms with van der Waals surface area (Å²) in [7, 11) is -4.38. The number of benzene rings is 2. The van der Waals surface area contributed by atoms with Crippen LogP contribution in [0.3, 0.4) is 0 Å². The van der Waals surface area contributed by atoms with E-state index in [1.54, 1.807) is 0 Å². The maximum atomic E-state index is 12.4. The highest BCUT2D eigenvalue weighted by atomic mass is 32.2. The molecule has 2 aromatic rings. The number of halogens is 3. The number of para-hydroxylation sites is 2. The van der Waals surface area contributed by atoms with Gasteiger partial charge >= 0.3 is 6.36 Å². The minimum atomic E-state index is -5.01. The molecule has 0 unspecified atom stereocenters. The van der Waals surface area contributed by atoms with Crippen molar-refractivity contribution in [1.29, 1.82) is 0 Å². The third-order valence-corrected chi connectivity index (χ3v) is 4.61. The lowest BCUT2D eigenvalue weighted by Crippen LogP contribution is -2.20. The van der Waals surface area contributed by atoms with Gasteiger partial charge in [0.25, 0.3) is 15.7 Å². The highest BCUT2D eigenvalue weighted by Crippen LogP contribution is 2.33. The third-order valence-electron chi connectivity index (χ3n) is 3.10. The second kappa shape index (κ2) is 6.59. The molecular weight excluding hydrogens is 365 g/mol. The predicted octanol–water partition coefficient (Wildman–Crippen LogP) is 3.60. The van der Waals surface area contributed by atoms with Crippen LogP contribution in [-0.4, -0.2) is 19.7 Å². The van der Waals surface area contributed by atoms with Crippen molar-refractivity contribution in [2.24, 2.45) is 0 Å². The summed E-state index contributed by atoms with van der Waals surface area (Å²) in [5.41, 5.74) is -1.03. The number of hydrogen-bond acceptors (Lipinski definition) is 5. The number of rotatable bonds is 5. The Hall–Kier alpha value is -2.82. The molecule has 0 heterocycles. The van der Waals surface area contributed by atoms with E-state index in [-0.39, 0.29) is 5.56 Å². The molecule has 134 valence electrons. The van der Waals surface area contributed by atoms with Crippen molar-refractivity contribution in [3.63, 3.8) is 0 Å². The SMILES string of the molecule is Cc1c([N+](=O)[O-])cccc1S(=O)(=O)Nc1ccccc1OC(F)(F)F. The Morgan fingerprint density at radius 3 is 2.36 bits per heavy atom. The summed E-state index contributed by atoms with van der Waals surface area (Å²) in [5.74, 6) is -0.748. The normalized spacial score (nSPS) is 11.8. The number of nitro groups is 1. The van der Waals surface area contributed by atoms with Crippen LogP contribution in [-0.2, 0) is 10.0 Å². The highest BCUT2D eigenvalue weighted by molar-refractivity contribution is 7.92. The van der Waals surface area contributed by atoms with Crippen LogP contribution in [0.15, 0.2) is 47.4 Å². The van der Waals surface area contributed by atoms with Gasteiger partial charge in [-0.25, -0.2) is 8.42 Å². The molecule has 0 fully saturated rings. The highest BCUT2D eigenvalue weighted by Gasteiger charge is 2.33. The Morgan fingerprint density at radius 2 is 1.76 bits per heavy atom. The van der Waals surface area contributed by atoms with Crippen molar-refractivity contribution in [2.45, 2.75) is 18.2 Å². The number of ether oxygens (including phenoxy) is 1. The molecule has 0 aliphatic rings. The molecule has 0 spiro atoms. The van der Waals surface area contributed by atoms with Crippen LogP contribution < -0.4 is 9.46 Å². The van der Waals surface area contributed by atoms with Gasteiger partial charge in [0.2, 0.25) is 0 Å². The molecular formula is C14H11F3N2O5S. The molecule has 0 atom stereocenters. The minimum absolute atomic E-state index is 0.144. The van der Waals surface area contributed by atoms with Gasteiger partial charge in [0.05, 0.1) is 15.5 Å². The van der Waals surface area contributed by atoms with E-state index in [9.17, 15) is 31.7 Å². The smallest absolute Gasteiger partial charge is 0.404 e. The lowest BCUT2D eigenvalue weighted by atomic mass is 10.2. The fourth-order valence-electron chi connectivity index (χ4n) is 2.06. The fraction of sp³-hybridized carbons (Fsp3) is 0.143. The number of nitrogens with one attached hydrogen (secondary N) is 1. The monoisotopic (exact) mass is 376 g/mol. The molecule has 0 saturated carbocycles. The number of nitro benzene ring substituents is 1. The number of nitrogens with zero attached hydrogens (tertiary/aromatic N) is 1. The molecule has 11 heteroatoms. The van der Waals surface area contributed by atoms with Gasteiger partial charge in [0.1, 0.15) is 0 Å². The molecule has 25 heavy (non-hydrogen) atoms. The van der Waals surface area contributed by atoms with Gasteiger partial charge in [-0.15, -0.1) is 13.2 Å². The van der Waals surface area contributed by atoms with Crippen LogP contribution in [0, 0.1) is 17.0 Å². The first kappa shape index (κ1) is 18.5. The Morgan fingerprint density at radius 1 is 1.12 bits per heavy atom. The van der Waals surface area contributed by atoms with Crippen LogP contribution in [0.1, 0.15) is 5.56 Å². The molecule has 0 bridgehead atoms. The standard InChI is InChI=1S/C14H11F3N2O5S/c1-9-11(19(20)21)6-4-8-13(9)25(22,23)18-10-5-2-3-7-12(10)24-14(15,16)17/h2-8,18H,1H3. The van der Waals surface area contributed by atoms with E-state index in [0.29, 0.717) is 0 Å². The van der Waals surface area contributed by atoms with Gasteiger partial charge in [0, 0.05) is 11.6 Å². The van der Waals surface area contributed by atoms with E-state index in [0.717, 1.165) is 30.3 Å². The van der Waals surface area contributed by atoms with Crippen molar-refractivity contribution in [1.82, 2.24) is 0 Å². The number of anilines is 1. The average Bonchev–Trinajstić information content (AvgIpc) is 2.47. The van der Waals surface area contributed by atoms with Gasteiger partial charge in [-0.05, 0) is 25.1 Å². The van der Waals surface area contributed by atoms with Gasteiger partial charge in [0.15, 0.2) is 5.75 Å². The van der Waals surface area contributed by atoms with Gasteiger partial charge in [-0.2, -0.15) is 0 Å². The van der Waals surface area contributed by atoms with Crippen LogP contribution in [0.25, 0.3) is 0 Å². The van der Waals surface area contributed by atoms with Crippen LogP contribution in [0.4, 0.5) is 24.5 Å². The van der Waals surface area contributed by atoms with Crippen molar-refractivity contribution in [3.8, 4) is 5.75 Å². The molecule has 7 nitrogen and oxygen atoms in total. The third kappa shape index (κ3) is 4.38. The Balaban J connectivity index is 2.45. The van der Waals surface area contributed by atoms with Crippen LogP contribution in [0.5, 0.6) is 5.75 Å². The van der Waals surface area contributed by atoms with Gasteiger partial charge in [-0.1, -0.05) is 18.2 Å². The molecule has 0 aromatic heterocycles. The summed E-state index contributed by atoms with van der Waals surface area (Å²) in [6.45, 7) is 1.23. The maximum Gasteiger partial charge on any atom is 0.573 e. The Bertz CT molecular complexity index is 913. The lowest BCUT2D eigenvalue weighted by molar-refractivity contribution is -0.385. The van der Waals surface area contributed by atoms with E-state index in [1.165, 1.54) is 19.1 Å². The predicted molar refractivity (Wildman–Crippen MR) is 81.8 cm³/mol. The van der Waals surface area contributed by atoms with E-state index in [1.807, 2.05) is 4.72 Å². The second-order valence-electron chi connectivity index (χ2n) is 4.81. The molecule has 2 aromatic carbocycles. The van der Waals surface area contributed by atoms with E-state index < -0.39 is 43.3 Å². The molecule has 0 saturated heterocycles. The zero-order valence-electron chi connectivity index (χ0n) is 12.6. The Labute approximate surface area is 140 Å². The minimum Gasteiger partial charge on any atom is -0.404 e. The molecule has 0 aliphatic carbocycles. The average molecular weight is 376 g/mol. The summed E-state index contributed by atoms with van der Waals surface area (Å²) >= 11 is 0. The van der Waals surface area contributed by atoms with E-state index in [2.05, 4.69) is 4.74 Å². The summed E-state index contributed by atoms with van der Waals surface area (Å²) in [6, 6.07) is 7.95. The van der Waals surface area contributed by atoms with Crippen molar-refractivity contribution in [2.75, 3.05) is 4.72 Å². The number of sulfonamides is 1. The van der Waals surface area contributed by atoms with Gasteiger partial charge in [-0.3, -0.25) is 14.8 Å². The molecule has 0 aliphatic heterocycles. The lowest BCUT2D eigenvalue weighted by Gasteiger charge is -2.15. The van der Waals surface area contributed by atoms with E-state index in [4.69, 9.17) is 0 Å². The summed E-state index contributed by atoms with van der Waals surface area (Å²) in [5, 5.41) is 10.9. The summed E-state index contributed by atoms with van der Waals surface area (Å²) in [4.78, 5) is 9.73. The van der Waals surface area contributed by atoms with Crippen molar-refractivity contribution < 1.29 is 31.2 Å². The summed E-state index contributed by atoms with van der Waals surface area (Å²) < 4.78 is 67.8. The first-order valence-corrected chi connectivity index (χ1v) is 8.11. The zero-order chi connectivity index (χ0) is 18.8. The number of hydrogen-bond donors (Lipinski definition) is 1. The Kier molecular flexibility index (Phi) is 4.88. The van der Waals surface area contributed by atoms with Gasteiger partial charge < -0.3 is 4.74 Å². The topological polar surface area (TPSA) is 98.5 Å². The number of alkyl halides is 3. The van der Waals surface area contributed by atoms with Crippen molar-refractivity contribution in [3.05, 3.63) is 58.1 Å². The fourth-order valence-corrected chi connectivity index (χ4v) is 3.39. The second-order valence-corrected chi connectivity index (χ2v) is 6.46. The first-order valence-electron chi connectivity index (χ1n) is 6.63. The molecule has 2 rings (SSSR count). The molecule has 0 amide bonds. The van der Waals surface area contributed by atoms with Crippen LogP contribution in [0.2, 0.25) is 0 Å². The van der Waals surface area contributed by atoms with Crippen LogP contribution >= 0.6 is 0 Å². The first-order chi connectivity index (χ1) is 11.5. The molecule has 1 N–H and O–H groups in total. The quantitative estimate of drug-likeness (QED) is 0.635. The zero-order valence-corrected chi connectivity index (χ0v) is 13.4. The van der Waals surface area contributed by atoms with E-state index >= 15 is 0 Å². The largest absolute Gasteiger partial charge is 0.573 e. The molecule has 0 radical (unpaired) electrons. The van der Waals surface area contributed by atoms with Crippen molar-refractivity contribution >= 4 is 21.4 Å². The maximum absolute atomic E-state index is 12.4.